The van der Waals surface area contributed by atoms with Gasteiger partial charge in [-0.3, -0.25) is 0 Å². The molecule has 4 heteroatoms. The number of aliphatic imine (C=N–C) groups is 1. The third kappa shape index (κ3) is 4.07. The highest BCUT2D eigenvalue weighted by molar-refractivity contribution is 5.70. The summed E-state index contributed by atoms with van der Waals surface area (Å²) in [5, 5.41) is 3.31. The van der Waals surface area contributed by atoms with E-state index < -0.39 is 0 Å². The van der Waals surface area contributed by atoms with Crippen LogP contribution in [0.25, 0.3) is 0 Å². The van der Waals surface area contributed by atoms with Crippen LogP contribution in [0.15, 0.2) is 41.4 Å². The molecule has 1 N–H and O–H groups in total. The highest BCUT2D eigenvalue weighted by Gasteiger charge is 2.04. The zero-order valence-electron chi connectivity index (χ0n) is 13.5. The number of nitrogens with one attached hydrogen (secondary N) is 1. The molecule has 0 heterocycles. The van der Waals surface area contributed by atoms with Crippen LogP contribution in [-0.4, -0.2) is 24.8 Å². The summed E-state index contributed by atoms with van der Waals surface area (Å²) >= 11 is 0. The molecule has 0 saturated heterocycles. The minimum atomic E-state index is -0.233. The van der Waals surface area contributed by atoms with Crippen molar-refractivity contribution in [3.63, 3.8) is 0 Å². The fraction of sp³-hybridized carbons (Fsp3) is 0.278. The number of hydrogen-bond donors (Lipinski definition) is 1. The van der Waals surface area contributed by atoms with Gasteiger partial charge in [0.05, 0.1) is 12.0 Å². The molecule has 0 aromatic heterocycles. The summed E-state index contributed by atoms with van der Waals surface area (Å²) < 4.78 is 13.0. The summed E-state index contributed by atoms with van der Waals surface area (Å²) in [5.41, 5.74) is 5.03. The summed E-state index contributed by atoms with van der Waals surface area (Å²) in [6, 6.07) is 10.5. The fourth-order valence-corrected chi connectivity index (χ4v) is 2.01. The van der Waals surface area contributed by atoms with Crippen molar-refractivity contribution in [1.29, 1.82) is 0 Å². The van der Waals surface area contributed by atoms with Gasteiger partial charge in [-0.2, -0.15) is 0 Å². The van der Waals surface area contributed by atoms with E-state index in [0.29, 0.717) is 0 Å². The molecular weight excluding hydrogens is 277 g/mol. The van der Waals surface area contributed by atoms with E-state index in [1.54, 1.807) is 12.1 Å². The number of hydrogen-bond acceptors (Lipinski definition) is 2. The standard InChI is InChI=1S/C18H22FN3/c1-5-22(4)12-20-17-10-14(3)18(11-13(17)2)21-16-8-6-15(19)7-9-16/h6-12,21H,5H2,1-4H3. The second-order valence-electron chi connectivity index (χ2n) is 5.40. The number of benzene rings is 2. The normalized spacial score (nSPS) is 11.0. The molecular formula is C18H22FN3. The van der Waals surface area contributed by atoms with Crippen molar-refractivity contribution in [3.8, 4) is 0 Å². The van der Waals surface area contributed by atoms with Crippen LogP contribution in [-0.2, 0) is 0 Å². The Morgan fingerprint density at radius 2 is 1.82 bits per heavy atom. The van der Waals surface area contributed by atoms with Gasteiger partial charge in [0, 0.05) is 25.0 Å². The molecule has 0 saturated carbocycles. The topological polar surface area (TPSA) is 27.6 Å². The number of nitrogens with zero attached hydrogens (tertiary/aromatic N) is 2. The number of anilines is 2. The van der Waals surface area contributed by atoms with Crippen molar-refractivity contribution in [1.82, 2.24) is 4.90 Å². The largest absolute Gasteiger partial charge is 0.366 e. The summed E-state index contributed by atoms with van der Waals surface area (Å²) in [4.78, 5) is 6.55. The Kier molecular flexibility index (Phi) is 5.15. The average Bonchev–Trinajstić information content (AvgIpc) is 2.51. The fourth-order valence-electron chi connectivity index (χ4n) is 2.01. The van der Waals surface area contributed by atoms with Gasteiger partial charge in [0.2, 0.25) is 0 Å². The molecule has 0 aliphatic rings. The highest BCUT2D eigenvalue weighted by Crippen LogP contribution is 2.28. The first-order valence-corrected chi connectivity index (χ1v) is 7.38. The Bertz CT molecular complexity index is 663. The maximum Gasteiger partial charge on any atom is 0.123 e. The van der Waals surface area contributed by atoms with E-state index in [-0.39, 0.29) is 5.82 Å². The second-order valence-corrected chi connectivity index (χ2v) is 5.40. The lowest BCUT2D eigenvalue weighted by Crippen LogP contribution is -2.14. The lowest BCUT2D eigenvalue weighted by molar-refractivity contribution is 0.552. The number of aryl methyl sites for hydroxylation is 2. The van der Waals surface area contributed by atoms with Crippen LogP contribution in [0, 0.1) is 19.7 Å². The van der Waals surface area contributed by atoms with Crippen LogP contribution in [0.2, 0.25) is 0 Å². The summed E-state index contributed by atoms with van der Waals surface area (Å²) in [6.07, 6.45) is 1.84. The van der Waals surface area contributed by atoms with Crippen molar-refractivity contribution >= 4 is 23.4 Å². The molecule has 0 bridgehead atoms. The molecule has 3 nitrogen and oxygen atoms in total. The van der Waals surface area contributed by atoms with Crippen molar-refractivity contribution in [3.05, 3.63) is 53.3 Å². The summed E-state index contributed by atoms with van der Waals surface area (Å²) in [7, 11) is 2.00. The van der Waals surface area contributed by atoms with Crippen LogP contribution in [0.4, 0.5) is 21.5 Å². The zero-order valence-corrected chi connectivity index (χ0v) is 13.5. The molecule has 2 aromatic rings. The van der Waals surface area contributed by atoms with Crippen LogP contribution in [0.3, 0.4) is 0 Å². The number of halogens is 1. The monoisotopic (exact) mass is 299 g/mol. The minimum absolute atomic E-state index is 0.233. The van der Waals surface area contributed by atoms with Crippen molar-refractivity contribution in [2.75, 3.05) is 18.9 Å². The first-order valence-electron chi connectivity index (χ1n) is 7.38. The molecule has 0 aliphatic carbocycles. The zero-order chi connectivity index (χ0) is 16.1. The molecule has 2 aromatic carbocycles. The molecule has 0 fully saturated rings. The van der Waals surface area contributed by atoms with Gasteiger partial charge < -0.3 is 10.2 Å². The van der Waals surface area contributed by atoms with E-state index in [1.807, 2.05) is 32.1 Å². The van der Waals surface area contributed by atoms with Gasteiger partial charge in [-0.15, -0.1) is 0 Å². The van der Waals surface area contributed by atoms with Crippen LogP contribution < -0.4 is 5.32 Å². The van der Waals surface area contributed by atoms with Gasteiger partial charge in [-0.25, -0.2) is 9.38 Å². The Morgan fingerprint density at radius 1 is 1.14 bits per heavy atom. The summed E-state index contributed by atoms with van der Waals surface area (Å²) in [5.74, 6) is -0.233. The third-order valence-corrected chi connectivity index (χ3v) is 3.56. The lowest BCUT2D eigenvalue weighted by atomic mass is 10.1. The molecule has 0 radical (unpaired) electrons. The van der Waals surface area contributed by atoms with E-state index in [2.05, 4.69) is 29.4 Å². The van der Waals surface area contributed by atoms with Crippen molar-refractivity contribution < 1.29 is 4.39 Å². The van der Waals surface area contributed by atoms with Crippen LogP contribution in [0.5, 0.6) is 0 Å². The van der Waals surface area contributed by atoms with Gasteiger partial charge in [-0.1, -0.05) is 0 Å². The predicted molar refractivity (Wildman–Crippen MR) is 92.1 cm³/mol. The Morgan fingerprint density at radius 3 is 2.45 bits per heavy atom. The molecule has 0 aliphatic heterocycles. The third-order valence-electron chi connectivity index (χ3n) is 3.56. The van der Waals surface area contributed by atoms with Crippen LogP contribution >= 0.6 is 0 Å². The van der Waals surface area contributed by atoms with E-state index >= 15 is 0 Å². The van der Waals surface area contributed by atoms with E-state index in [0.717, 1.165) is 34.7 Å². The molecule has 2 rings (SSSR count). The van der Waals surface area contributed by atoms with E-state index in [1.165, 1.54) is 12.1 Å². The second kappa shape index (κ2) is 7.07. The van der Waals surface area contributed by atoms with Gasteiger partial charge in [0.1, 0.15) is 5.82 Å². The predicted octanol–water partition coefficient (Wildman–Crippen LogP) is 4.80. The van der Waals surface area contributed by atoms with E-state index in [9.17, 15) is 4.39 Å². The van der Waals surface area contributed by atoms with Gasteiger partial charge >= 0.3 is 0 Å². The Balaban J connectivity index is 2.22. The van der Waals surface area contributed by atoms with Crippen molar-refractivity contribution in [2.45, 2.75) is 20.8 Å². The Labute approximate surface area is 131 Å². The Hall–Kier alpha value is -2.36. The summed E-state index contributed by atoms with van der Waals surface area (Å²) in [6.45, 7) is 7.08. The smallest absolute Gasteiger partial charge is 0.123 e. The molecule has 0 amide bonds. The average molecular weight is 299 g/mol. The first kappa shape index (κ1) is 16.0. The lowest BCUT2D eigenvalue weighted by Gasteiger charge is -2.13. The maximum atomic E-state index is 13.0. The minimum Gasteiger partial charge on any atom is -0.366 e. The molecule has 0 atom stereocenters. The molecule has 0 unspecified atom stereocenters. The molecule has 22 heavy (non-hydrogen) atoms. The van der Waals surface area contributed by atoms with Gasteiger partial charge in [-0.05, 0) is 68.3 Å². The maximum absolute atomic E-state index is 13.0. The van der Waals surface area contributed by atoms with Gasteiger partial charge in [0.15, 0.2) is 0 Å². The van der Waals surface area contributed by atoms with Crippen molar-refractivity contribution in [2.24, 2.45) is 4.99 Å². The van der Waals surface area contributed by atoms with E-state index in [4.69, 9.17) is 0 Å². The van der Waals surface area contributed by atoms with Gasteiger partial charge in [0.25, 0.3) is 0 Å². The SMILES string of the molecule is CCN(C)C=Nc1cc(C)c(Nc2ccc(F)cc2)cc1C. The molecule has 116 valence electrons. The highest BCUT2D eigenvalue weighted by atomic mass is 19.1. The number of rotatable bonds is 5. The van der Waals surface area contributed by atoms with Crippen LogP contribution in [0.1, 0.15) is 18.1 Å². The quantitative estimate of drug-likeness (QED) is 0.634. The molecule has 0 spiro atoms. The first-order chi connectivity index (χ1) is 10.5.